The number of benzene rings is 1. The van der Waals surface area contributed by atoms with Gasteiger partial charge in [-0.25, -0.2) is 4.98 Å². The summed E-state index contributed by atoms with van der Waals surface area (Å²) in [5.41, 5.74) is -0.353. The number of carbonyl (C=O) groups is 1. The Kier molecular flexibility index (Phi) is 5.65. The van der Waals surface area contributed by atoms with Gasteiger partial charge in [0.1, 0.15) is 5.75 Å². The van der Waals surface area contributed by atoms with Crippen LogP contribution >= 0.6 is 0 Å². The number of pyridine rings is 1. The Morgan fingerprint density at radius 1 is 1.22 bits per heavy atom. The smallest absolute Gasteiger partial charge is 0.417 e. The van der Waals surface area contributed by atoms with E-state index in [0.717, 1.165) is 37.8 Å². The van der Waals surface area contributed by atoms with Gasteiger partial charge in [0.25, 0.3) is 5.91 Å². The molecule has 8 heteroatoms. The number of halogens is 3. The second-order valence-electron chi connectivity index (χ2n) is 6.56. The summed E-state index contributed by atoms with van der Waals surface area (Å²) in [6.45, 7) is 3.81. The minimum atomic E-state index is -4.44. The maximum atomic E-state index is 12.5. The van der Waals surface area contributed by atoms with Gasteiger partial charge < -0.3 is 15.4 Å². The fourth-order valence-corrected chi connectivity index (χ4v) is 2.84. The summed E-state index contributed by atoms with van der Waals surface area (Å²) in [7, 11) is 0. The molecule has 5 nitrogen and oxygen atoms in total. The van der Waals surface area contributed by atoms with Crippen LogP contribution in [0.15, 0.2) is 42.6 Å². The molecule has 1 aliphatic heterocycles. The Bertz CT molecular complexity index is 776. The molecule has 0 aliphatic carbocycles. The molecule has 2 N–H and O–H groups in total. The number of amides is 1. The number of nitrogens with one attached hydrogen (secondary N) is 2. The Morgan fingerprint density at radius 2 is 1.96 bits per heavy atom. The molecule has 1 amide bonds. The Balaban J connectivity index is 1.60. The van der Waals surface area contributed by atoms with Crippen LogP contribution in [0.3, 0.4) is 0 Å². The fraction of sp³-hybridized carbons (Fsp3) is 0.368. The van der Waals surface area contributed by atoms with Crippen molar-refractivity contribution < 1.29 is 22.7 Å². The summed E-state index contributed by atoms with van der Waals surface area (Å²) < 4.78 is 43.0. The average Bonchev–Trinajstić information content (AvgIpc) is 2.64. The van der Waals surface area contributed by atoms with E-state index in [0.29, 0.717) is 17.2 Å². The average molecular weight is 379 g/mol. The van der Waals surface area contributed by atoms with E-state index in [1.165, 1.54) is 0 Å². The maximum absolute atomic E-state index is 12.5. The van der Waals surface area contributed by atoms with E-state index < -0.39 is 11.7 Å². The van der Waals surface area contributed by atoms with Gasteiger partial charge in [-0.05, 0) is 49.2 Å². The zero-order valence-electron chi connectivity index (χ0n) is 14.7. The molecule has 0 saturated carbocycles. The summed E-state index contributed by atoms with van der Waals surface area (Å²) in [4.78, 5) is 16.0. The molecule has 0 bridgehead atoms. The molecule has 3 rings (SSSR count). The first-order valence-corrected chi connectivity index (χ1v) is 8.65. The van der Waals surface area contributed by atoms with Crippen LogP contribution in [0.4, 0.5) is 13.2 Å². The predicted octanol–water partition coefficient (Wildman–Crippen LogP) is 3.62. The van der Waals surface area contributed by atoms with E-state index in [4.69, 9.17) is 4.74 Å². The van der Waals surface area contributed by atoms with Crippen molar-refractivity contribution in [1.82, 2.24) is 15.6 Å². The van der Waals surface area contributed by atoms with E-state index in [9.17, 15) is 18.0 Å². The van der Waals surface area contributed by atoms with Gasteiger partial charge in [0.15, 0.2) is 0 Å². The van der Waals surface area contributed by atoms with Crippen LogP contribution in [0.2, 0.25) is 0 Å². The Hall–Kier alpha value is -2.61. The highest BCUT2D eigenvalue weighted by atomic mass is 19.4. The number of nitrogens with zero attached hydrogens (tertiary/aromatic N) is 1. The van der Waals surface area contributed by atoms with Crippen molar-refractivity contribution >= 4 is 5.91 Å². The van der Waals surface area contributed by atoms with Crippen molar-refractivity contribution in [2.45, 2.75) is 25.6 Å². The third-order valence-corrected chi connectivity index (χ3v) is 4.55. The van der Waals surface area contributed by atoms with E-state index in [-0.39, 0.29) is 17.8 Å². The molecule has 0 spiro atoms. The highest BCUT2D eigenvalue weighted by Gasteiger charge is 2.30. The first-order chi connectivity index (χ1) is 12.8. The molecule has 1 saturated heterocycles. The molecule has 2 unspecified atom stereocenters. The normalized spacial score (nSPS) is 20.1. The lowest BCUT2D eigenvalue weighted by Gasteiger charge is -2.30. The SMILES string of the molecule is CC1CCNCC1NC(=O)c1ccc(Oc2ccc(C(F)(F)F)cn2)cc1. The molecule has 2 aromatic rings. The first-order valence-electron chi connectivity index (χ1n) is 8.65. The molecule has 2 heterocycles. The minimum absolute atomic E-state index is 0.0438. The van der Waals surface area contributed by atoms with Crippen LogP contribution in [-0.2, 0) is 6.18 Å². The molecule has 2 atom stereocenters. The number of alkyl halides is 3. The van der Waals surface area contributed by atoms with Gasteiger partial charge in [-0.3, -0.25) is 4.79 Å². The third-order valence-electron chi connectivity index (χ3n) is 4.55. The summed E-state index contributed by atoms with van der Waals surface area (Å²) >= 11 is 0. The second kappa shape index (κ2) is 7.96. The number of carbonyl (C=O) groups excluding carboxylic acids is 1. The first kappa shape index (κ1) is 19.2. The molecule has 1 aromatic heterocycles. The van der Waals surface area contributed by atoms with Gasteiger partial charge >= 0.3 is 6.18 Å². The molecule has 0 radical (unpaired) electrons. The van der Waals surface area contributed by atoms with Gasteiger partial charge in [0.05, 0.1) is 5.56 Å². The molecule has 1 aliphatic rings. The number of hydrogen-bond donors (Lipinski definition) is 2. The number of rotatable bonds is 4. The van der Waals surface area contributed by atoms with Crippen molar-refractivity contribution in [3.05, 3.63) is 53.7 Å². The van der Waals surface area contributed by atoms with E-state index >= 15 is 0 Å². The molecule has 144 valence electrons. The topological polar surface area (TPSA) is 63.2 Å². The van der Waals surface area contributed by atoms with Crippen LogP contribution < -0.4 is 15.4 Å². The zero-order chi connectivity index (χ0) is 19.4. The highest BCUT2D eigenvalue weighted by Crippen LogP contribution is 2.30. The van der Waals surface area contributed by atoms with Crippen LogP contribution in [0.5, 0.6) is 11.6 Å². The molecule has 27 heavy (non-hydrogen) atoms. The number of ether oxygens (including phenoxy) is 1. The summed E-state index contributed by atoms with van der Waals surface area (Å²) in [6.07, 6.45) is -2.71. The van der Waals surface area contributed by atoms with E-state index in [1.54, 1.807) is 24.3 Å². The Labute approximate surface area is 154 Å². The number of hydrogen-bond acceptors (Lipinski definition) is 4. The number of piperidine rings is 1. The van der Waals surface area contributed by atoms with Crippen molar-refractivity contribution in [3.63, 3.8) is 0 Å². The van der Waals surface area contributed by atoms with Gasteiger partial charge in [0.2, 0.25) is 5.88 Å². The predicted molar refractivity (Wildman–Crippen MR) is 93.7 cm³/mol. The molecular formula is C19H20F3N3O2. The summed E-state index contributed by atoms with van der Waals surface area (Å²) in [5, 5.41) is 6.27. The Morgan fingerprint density at radius 3 is 2.56 bits per heavy atom. The van der Waals surface area contributed by atoms with Gasteiger partial charge in [0, 0.05) is 30.4 Å². The van der Waals surface area contributed by atoms with Gasteiger partial charge in [-0.2, -0.15) is 13.2 Å². The zero-order valence-corrected chi connectivity index (χ0v) is 14.7. The summed E-state index contributed by atoms with van der Waals surface area (Å²) in [6, 6.07) is 8.52. The summed E-state index contributed by atoms with van der Waals surface area (Å²) in [5.74, 6) is 0.659. The van der Waals surface area contributed by atoms with Crippen LogP contribution in [0, 0.1) is 5.92 Å². The fourth-order valence-electron chi connectivity index (χ4n) is 2.84. The van der Waals surface area contributed by atoms with E-state index in [1.807, 2.05) is 0 Å². The lowest BCUT2D eigenvalue weighted by Crippen LogP contribution is -2.50. The quantitative estimate of drug-likeness (QED) is 0.852. The standard InChI is InChI=1S/C19H20F3N3O2/c1-12-8-9-23-11-16(12)25-18(26)13-2-5-15(6-3-13)27-17-7-4-14(10-24-17)19(20,21)22/h2-7,10,12,16,23H,8-9,11H2,1H3,(H,25,26). The highest BCUT2D eigenvalue weighted by molar-refractivity contribution is 5.94. The van der Waals surface area contributed by atoms with Crippen molar-refractivity contribution in [2.75, 3.05) is 13.1 Å². The van der Waals surface area contributed by atoms with Crippen molar-refractivity contribution in [2.24, 2.45) is 5.92 Å². The maximum Gasteiger partial charge on any atom is 0.417 e. The minimum Gasteiger partial charge on any atom is -0.439 e. The molecule has 1 fully saturated rings. The van der Waals surface area contributed by atoms with Crippen LogP contribution in [-0.4, -0.2) is 30.0 Å². The second-order valence-corrected chi connectivity index (χ2v) is 6.56. The third kappa shape index (κ3) is 4.97. The lowest BCUT2D eigenvalue weighted by molar-refractivity contribution is -0.137. The van der Waals surface area contributed by atoms with Gasteiger partial charge in [-0.1, -0.05) is 6.92 Å². The molecule has 1 aromatic carbocycles. The van der Waals surface area contributed by atoms with Crippen molar-refractivity contribution in [3.8, 4) is 11.6 Å². The van der Waals surface area contributed by atoms with E-state index in [2.05, 4.69) is 22.5 Å². The lowest BCUT2D eigenvalue weighted by atomic mass is 9.94. The van der Waals surface area contributed by atoms with Gasteiger partial charge in [-0.15, -0.1) is 0 Å². The van der Waals surface area contributed by atoms with Crippen molar-refractivity contribution in [1.29, 1.82) is 0 Å². The molecular weight excluding hydrogens is 359 g/mol. The number of aromatic nitrogens is 1. The largest absolute Gasteiger partial charge is 0.439 e. The van der Waals surface area contributed by atoms with Crippen LogP contribution in [0.25, 0.3) is 0 Å². The monoisotopic (exact) mass is 379 g/mol. The van der Waals surface area contributed by atoms with Crippen LogP contribution in [0.1, 0.15) is 29.3 Å².